The molecule has 10 aromatic rings. The average molecular weight is 889 g/mol. The van der Waals surface area contributed by atoms with Gasteiger partial charge in [0.2, 0.25) is 0 Å². The molecule has 3 heteroatoms. The summed E-state index contributed by atoms with van der Waals surface area (Å²) in [6.45, 7) is 25.8. The second-order valence-corrected chi connectivity index (χ2v) is 19.0. The van der Waals surface area contributed by atoms with E-state index in [4.69, 9.17) is 4.42 Å². The molecule has 11 rings (SSSR count). The lowest BCUT2D eigenvalue weighted by Crippen LogP contribution is -2.17. The zero-order valence-electron chi connectivity index (χ0n) is 41.8. The molecular weight excluding hydrogens is 825 g/mol. The first-order valence-electron chi connectivity index (χ1n) is 24.5. The highest BCUT2D eigenvalue weighted by atomic mass is 16.3. The number of allylic oxidation sites excluding steroid dienone is 5. The Balaban J connectivity index is 0.00000141. The predicted molar refractivity (Wildman–Crippen MR) is 297 cm³/mol. The zero-order chi connectivity index (χ0) is 48.1. The molecule has 0 radical (unpaired) electrons. The Kier molecular flexibility index (Phi) is 12.1. The molecule has 3 nitrogen and oxygen atoms in total. The van der Waals surface area contributed by atoms with Crippen molar-refractivity contribution >= 4 is 77.2 Å². The summed E-state index contributed by atoms with van der Waals surface area (Å²) >= 11 is 0. The Morgan fingerprint density at radius 2 is 1.24 bits per heavy atom. The molecule has 0 atom stereocenters. The van der Waals surface area contributed by atoms with Crippen LogP contribution >= 0.6 is 0 Å². The topological polar surface area (TPSA) is 21.3 Å². The minimum absolute atomic E-state index is 0.0213. The molecule has 8 aromatic carbocycles. The lowest BCUT2D eigenvalue weighted by molar-refractivity contribution is 0.590. The largest absolute Gasteiger partial charge is 0.456 e. The van der Waals surface area contributed by atoms with Gasteiger partial charge in [-0.3, -0.25) is 0 Å². The number of fused-ring (bicyclic) bond motifs is 11. The van der Waals surface area contributed by atoms with Crippen LogP contribution in [0.3, 0.4) is 0 Å². The summed E-state index contributed by atoms with van der Waals surface area (Å²) < 4.78 is 8.68. The Morgan fingerprint density at radius 3 is 1.96 bits per heavy atom. The summed E-state index contributed by atoms with van der Waals surface area (Å²) in [5.41, 5.74) is 18.7. The van der Waals surface area contributed by atoms with Gasteiger partial charge in [0.25, 0.3) is 0 Å². The molecule has 0 bridgehead atoms. The van der Waals surface area contributed by atoms with E-state index in [0.29, 0.717) is 0 Å². The maximum Gasteiger partial charge on any atom is 0.135 e. The fourth-order valence-corrected chi connectivity index (χ4v) is 10.4. The van der Waals surface area contributed by atoms with Crippen molar-refractivity contribution < 1.29 is 4.42 Å². The van der Waals surface area contributed by atoms with Gasteiger partial charge in [-0.15, -0.1) is 0 Å². The Labute approximate surface area is 403 Å². The molecule has 1 aliphatic rings. The minimum Gasteiger partial charge on any atom is -0.456 e. The van der Waals surface area contributed by atoms with Crippen molar-refractivity contribution in [3.05, 3.63) is 205 Å². The maximum absolute atomic E-state index is 6.37. The number of rotatable bonds is 7. The van der Waals surface area contributed by atoms with Crippen molar-refractivity contribution in [3.8, 4) is 22.3 Å². The third kappa shape index (κ3) is 7.55. The molecule has 1 aliphatic carbocycles. The molecule has 2 aromatic heterocycles. The third-order valence-corrected chi connectivity index (χ3v) is 13.9. The molecule has 0 amide bonds. The second kappa shape index (κ2) is 18.0. The van der Waals surface area contributed by atoms with Crippen LogP contribution in [0.2, 0.25) is 0 Å². The highest BCUT2D eigenvalue weighted by molar-refractivity contribution is 6.13. The van der Waals surface area contributed by atoms with E-state index in [0.717, 1.165) is 39.0 Å². The van der Waals surface area contributed by atoms with Crippen LogP contribution in [0.15, 0.2) is 187 Å². The van der Waals surface area contributed by atoms with Crippen LogP contribution in [0.1, 0.15) is 91.5 Å². The van der Waals surface area contributed by atoms with Crippen LogP contribution < -0.4 is 4.90 Å². The molecule has 0 aliphatic heterocycles. The number of furan rings is 1. The van der Waals surface area contributed by atoms with Gasteiger partial charge in [-0.25, -0.2) is 0 Å². The summed E-state index contributed by atoms with van der Waals surface area (Å²) in [4.78, 5) is 2.48. The van der Waals surface area contributed by atoms with Crippen molar-refractivity contribution in [1.82, 2.24) is 4.57 Å². The van der Waals surface area contributed by atoms with Gasteiger partial charge in [0, 0.05) is 61.8 Å². The molecule has 0 saturated carbocycles. The van der Waals surface area contributed by atoms with Gasteiger partial charge in [-0.1, -0.05) is 178 Å². The number of para-hydroxylation sites is 2. The lowest BCUT2D eigenvalue weighted by Gasteiger charge is -2.30. The lowest BCUT2D eigenvalue weighted by atomic mass is 9.80. The number of anilines is 3. The highest BCUT2D eigenvalue weighted by Crippen LogP contribution is 2.55. The van der Waals surface area contributed by atoms with Crippen molar-refractivity contribution in [2.24, 2.45) is 7.05 Å². The quantitative estimate of drug-likeness (QED) is 0.149. The minimum atomic E-state index is -0.291. The van der Waals surface area contributed by atoms with E-state index < -0.39 is 0 Å². The molecule has 0 spiro atoms. The van der Waals surface area contributed by atoms with E-state index >= 15 is 0 Å². The first-order valence-corrected chi connectivity index (χ1v) is 24.5. The fraction of sp³-hybridized carbons (Fsp3) is 0.200. The van der Waals surface area contributed by atoms with Gasteiger partial charge >= 0.3 is 0 Å². The van der Waals surface area contributed by atoms with Crippen molar-refractivity contribution in [1.29, 1.82) is 0 Å². The zero-order valence-corrected chi connectivity index (χ0v) is 41.8. The standard InChI is InChI=1S/C61H52N2O.2C2H6/c1-9-11-18-38(10-2)40-31-41(33-42(32-40)60(3,4)5)39-25-28-49-52(34-39)61(6,7)53-37-56(45-19-12-13-22-48(45)59(49)53)63(44-27-30-58-51(36-44)47-21-15-17-24-57(47)64-58)43-26-29-55-50(35-43)46-20-14-16-23-54(46)62(55)8;2*1-2/h9-37H,1H2,2-8H3;2*1-2H3/b18-11-,38-10+;;. The van der Waals surface area contributed by atoms with Gasteiger partial charge in [0.1, 0.15) is 11.2 Å². The van der Waals surface area contributed by atoms with Crippen LogP contribution in [-0.2, 0) is 17.9 Å². The molecule has 2 heterocycles. The van der Waals surface area contributed by atoms with Gasteiger partial charge in [-0.2, -0.15) is 0 Å². The predicted octanol–water partition coefficient (Wildman–Crippen LogP) is 19.3. The Morgan fingerprint density at radius 1 is 0.603 bits per heavy atom. The molecule has 0 fully saturated rings. The number of hydrogen-bond acceptors (Lipinski definition) is 2. The molecule has 340 valence electrons. The number of benzene rings is 8. The number of aryl methyl sites for hydroxylation is 1. The van der Waals surface area contributed by atoms with Gasteiger partial charge in [0.15, 0.2) is 0 Å². The highest BCUT2D eigenvalue weighted by Gasteiger charge is 2.38. The fourth-order valence-electron chi connectivity index (χ4n) is 10.4. The van der Waals surface area contributed by atoms with Crippen LogP contribution in [0.25, 0.3) is 82.3 Å². The first kappa shape index (κ1) is 45.8. The Hall–Kier alpha value is -7.36. The van der Waals surface area contributed by atoms with Gasteiger partial charge in [-0.05, 0) is 135 Å². The molecular formula is C65H64N2O. The van der Waals surface area contributed by atoms with E-state index in [1.54, 1.807) is 0 Å². The summed E-state index contributed by atoms with van der Waals surface area (Å²) in [5, 5.41) is 7.16. The van der Waals surface area contributed by atoms with Crippen LogP contribution in [0.5, 0.6) is 0 Å². The van der Waals surface area contributed by atoms with Crippen LogP contribution in [0.4, 0.5) is 17.1 Å². The van der Waals surface area contributed by atoms with Crippen molar-refractivity contribution in [3.63, 3.8) is 0 Å². The normalized spacial score (nSPS) is 13.1. The first-order chi connectivity index (χ1) is 32.9. The second-order valence-electron chi connectivity index (χ2n) is 19.0. The monoisotopic (exact) mass is 889 g/mol. The van der Waals surface area contributed by atoms with E-state index in [2.05, 4.69) is 222 Å². The smallest absolute Gasteiger partial charge is 0.135 e. The molecule has 0 unspecified atom stereocenters. The van der Waals surface area contributed by atoms with Crippen LogP contribution in [-0.4, -0.2) is 4.57 Å². The third-order valence-electron chi connectivity index (χ3n) is 13.9. The maximum atomic E-state index is 6.37. The number of nitrogens with zero attached hydrogens (tertiary/aromatic N) is 2. The van der Waals surface area contributed by atoms with Gasteiger partial charge < -0.3 is 13.9 Å². The Bertz CT molecular complexity index is 3620. The van der Waals surface area contributed by atoms with E-state index in [1.807, 2.05) is 45.9 Å². The summed E-state index contributed by atoms with van der Waals surface area (Å²) in [6.07, 6.45) is 8.21. The van der Waals surface area contributed by atoms with E-state index in [9.17, 15) is 0 Å². The summed E-state index contributed by atoms with van der Waals surface area (Å²) in [7, 11) is 2.17. The summed E-state index contributed by atoms with van der Waals surface area (Å²) in [6, 6.07) is 56.5. The van der Waals surface area contributed by atoms with E-state index in [1.165, 1.54) is 82.7 Å². The number of hydrogen-bond donors (Lipinski definition) is 0. The molecule has 0 N–H and O–H groups in total. The average Bonchev–Trinajstić information content (AvgIpc) is 3.96. The van der Waals surface area contributed by atoms with E-state index in [-0.39, 0.29) is 10.8 Å². The van der Waals surface area contributed by atoms with Crippen molar-refractivity contribution in [2.45, 2.75) is 80.1 Å². The van der Waals surface area contributed by atoms with Crippen LogP contribution in [0, 0.1) is 0 Å². The van der Waals surface area contributed by atoms with Gasteiger partial charge in [0.05, 0.1) is 5.69 Å². The molecule has 0 saturated heterocycles. The number of aromatic nitrogens is 1. The van der Waals surface area contributed by atoms with Crippen molar-refractivity contribution in [2.75, 3.05) is 4.90 Å². The SMILES string of the molecule is C=C/C=C\C(=C/C)c1cc(-c2ccc3c(c2)C(C)(C)c2cc(N(c4ccc5oc6ccccc6c5c4)c4ccc5c(c4)c4ccccc4n5C)c4ccccc4c2-3)cc(C(C)(C)C)c1.CC.CC. The molecule has 68 heavy (non-hydrogen) atoms. The summed E-state index contributed by atoms with van der Waals surface area (Å²) in [5.74, 6) is 0.